The van der Waals surface area contributed by atoms with Crippen LogP contribution in [0.3, 0.4) is 0 Å². The van der Waals surface area contributed by atoms with Gasteiger partial charge in [-0.2, -0.15) is 0 Å². The smallest absolute Gasteiger partial charge is 0.364 e. The Bertz CT molecular complexity index is 1090. The molecule has 1 aromatic heterocycles. The first-order valence-electron chi connectivity index (χ1n) is 10.0. The van der Waals surface area contributed by atoms with E-state index in [1.807, 2.05) is 60.7 Å². The van der Waals surface area contributed by atoms with Crippen LogP contribution in [0, 0.1) is 6.92 Å². The van der Waals surface area contributed by atoms with Gasteiger partial charge in [0, 0.05) is 5.56 Å². The molecule has 0 atom stereocenters. The van der Waals surface area contributed by atoms with E-state index in [2.05, 4.69) is 25.1 Å². The highest BCUT2D eigenvalue weighted by atomic mass is 16.5. The summed E-state index contributed by atoms with van der Waals surface area (Å²) in [6.45, 7) is 2.08. The maximum Gasteiger partial charge on any atom is 0.364 e. The van der Waals surface area contributed by atoms with Crippen molar-refractivity contribution in [3.05, 3.63) is 84.4 Å². The molecule has 0 saturated heterocycles. The van der Waals surface area contributed by atoms with Gasteiger partial charge in [-0.05, 0) is 73.2 Å². The Hall–Kier alpha value is -3.79. The van der Waals surface area contributed by atoms with Crippen molar-refractivity contribution >= 4 is 0 Å². The van der Waals surface area contributed by atoms with E-state index in [1.54, 1.807) is 21.3 Å². The zero-order chi connectivity index (χ0) is 21.8. The van der Waals surface area contributed by atoms with Crippen molar-refractivity contribution in [3.8, 4) is 51.0 Å². The summed E-state index contributed by atoms with van der Waals surface area (Å²) in [4.78, 5) is 0. The fraction of sp³-hybridized carbons (Fsp3) is 0.148. The minimum Gasteiger partial charge on any atom is -0.497 e. The number of hydrogen-bond acceptors (Lipinski definition) is 3. The fourth-order valence-corrected chi connectivity index (χ4v) is 3.56. The van der Waals surface area contributed by atoms with E-state index in [-0.39, 0.29) is 0 Å². The summed E-state index contributed by atoms with van der Waals surface area (Å²) in [5.41, 5.74) is 5.23. The highest BCUT2D eigenvalue weighted by Gasteiger charge is 2.25. The Morgan fingerprint density at radius 1 is 0.548 bits per heavy atom. The van der Waals surface area contributed by atoms with Gasteiger partial charge in [-0.25, -0.2) is 4.42 Å². The Morgan fingerprint density at radius 2 is 0.968 bits per heavy atom. The van der Waals surface area contributed by atoms with E-state index in [4.69, 9.17) is 18.6 Å². The van der Waals surface area contributed by atoms with Gasteiger partial charge in [0.25, 0.3) is 0 Å². The normalized spacial score (nSPS) is 10.6. The number of methoxy groups -OCH3 is 3. The third-order valence-corrected chi connectivity index (χ3v) is 5.36. The third kappa shape index (κ3) is 4.24. The summed E-state index contributed by atoms with van der Waals surface area (Å²) in [6.07, 6.45) is 0. The van der Waals surface area contributed by atoms with Crippen molar-refractivity contribution < 1.29 is 18.6 Å². The van der Waals surface area contributed by atoms with Crippen LogP contribution in [-0.4, -0.2) is 21.3 Å². The highest BCUT2D eigenvalue weighted by Crippen LogP contribution is 2.38. The second kappa shape index (κ2) is 8.92. The van der Waals surface area contributed by atoms with Crippen LogP contribution in [0.5, 0.6) is 17.2 Å². The van der Waals surface area contributed by atoms with Gasteiger partial charge in [0.1, 0.15) is 17.2 Å². The van der Waals surface area contributed by atoms with Crippen molar-refractivity contribution in [1.82, 2.24) is 0 Å². The van der Waals surface area contributed by atoms with E-state index in [0.717, 1.165) is 56.6 Å². The quantitative estimate of drug-likeness (QED) is 0.322. The minimum atomic E-state index is 0.782. The molecule has 0 fully saturated rings. The molecular weight excluding hydrogens is 388 g/mol. The van der Waals surface area contributed by atoms with Gasteiger partial charge in [-0.3, -0.25) is 0 Å². The summed E-state index contributed by atoms with van der Waals surface area (Å²) in [6, 6.07) is 26.0. The van der Waals surface area contributed by atoms with Crippen LogP contribution in [-0.2, 0) is 0 Å². The van der Waals surface area contributed by atoms with Gasteiger partial charge < -0.3 is 14.2 Å². The Kier molecular flexibility index (Phi) is 5.89. The maximum atomic E-state index is 6.43. The molecule has 0 aliphatic rings. The van der Waals surface area contributed by atoms with Crippen molar-refractivity contribution in [2.75, 3.05) is 21.3 Å². The molecule has 4 aromatic rings. The summed E-state index contributed by atoms with van der Waals surface area (Å²) in [5, 5.41) is 0. The van der Waals surface area contributed by atoms with Gasteiger partial charge in [0.2, 0.25) is 0 Å². The van der Waals surface area contributed by atoms with Crippen molar-refractivity contribution in [2.24, 2.45) is 0 Å². The van der Waals surface area contributed by atoms with Crippen molar-refractivity contribution in [3.63, 3.8) is 0 Å². The number of hydrogen-bond donors (Lipinski definition) is 0. The van der Waals surface area contributed by atoms with Crippen LogP contribution >= 0.6 is 0 Å². The summed E-state index contributed by atoms with van der Waals surface area (Å²) < 4.78 is 22.4. The summed E-state index contributed by atoms with van der Waals surface area (Å²) in [7, 11) is 5.00. The standard InChI is InChI=1S/C27H25O4/c1-18-25(19-5-11-22(28-2)12-6-19)17-26(20-7-13-23(29-3)14-8-20)31-27(18)21-9-15-24(30-4)16-10-21/h5-17H,1-4H3/q+1. The first kappa shape index (κ1) is 20.5. The molecule has 0 saturated carbocycles. The van der Waals surface area contributed by atoms with E-state index in [0.29, 0.717) is 0 Å². The van der Waals surface area contributed by atoms with Gasteiger partial charge in [-0.15, -0.1) is 0 Å². The molecule has 0 radical (unpaired) electrons. The molecule has 1 heterocycles. The Labute approximate surface area is 182 Å². The van der Waals surface area contributed by atoms with Gasteiger partial charge in [-0.1, -0.05) is 12.1 Å². The molecule has 156 valence electrons. The maximum absolute atomic E-state index is 6.43. The lowest BCUT2D eigenvalue weighted by Gasteiger charge is -2.08. The zero-order valence-electron chi connectivity index (χ0n) is 18.1. The largest absolute Gasteiger partial charge is 0.497 e. The molecule has 0 spiro atoms. The van der Waals surface area contributed by atoms with Crippen molar-refractivity contribution in [2.45, 2.75) is 6.92 Å². The van der Waals surface area contributed by atoms with Gasteiger partial charge in [0.15, 0.2) is 0 Å². The van der Waals surface area contributed by atoms with Crippen LogP contribution < -0.4 is 14.2 Å². The fourth-order valence-electron chi connectivity index (χ4n) is 3.56. The van der Waals surface area contributed by atoms with E-state index in [1.165, 1.54) is 0 Å². The molecule has 0 aliphatic carbocycles. The summed E-state index contributed by atoms with van der Waals surface area (Å²) >= 11 is 0. The molecule has 0 N–H and O–H groups in total. The van der Waals surface area contributed by atoms with Crippen molar-refractivity contribution in [1.29, 1.82) is 0 Å². The molecular formula is C27H25O4+. The molecule has 0 bridgehead atoms. The lowest BCUT2D eigenvalue weighted by Crippen LogP contribution is -1.92. The number of ether oxygens (including phenoxy) is 3. The Morgan fingerprint density at radius 3 is 1.42 bits per heavy atom. The highest BCUT2D eigenvalue weighted by molar-refractivity contribution is 5.79. The van der Waals surface area contributed by atoms with Crippen LogP contribution in [0.15, 0.2) is 83.3 Å². The first-order valence-corrected chi connectivity index (χ1v) is 10.0. The lowest BCUT2D eigenvalue weighted by atomic mass is 9.96. The van der Waals surface area contributed by atoms with E-state index < -0.39 is 0 Å². The van der Waals surface area contributed by atoms with Crippen LogP contribution in [0.1, 0.15) is 5.56 Å². The molecule has 4 nitrogen and oxygen atoms in total. The Balaban J connectivity index is 1.89. The van der Waals surface area contributed by atoms with Gasteiger partial charge in [0.05, 0.1) is 44.1 Å². The molecule has 3 aromatic carbocycles. The van der Waals surface area contributed by atoms with E-state index in [9.17, 15) is 0 Å². The monoisotopic (exact) mass is 413 g/mol. The zero-order valence-corrected chi connectivity index (χ0v) is 18.1. The topological polar surface area (TPSA) is 39.0 Å². The van der Waals surface area contributed by atoms with E-state index >= 15 is 0 Å². The second-order valence-electron chi connectivity index (χ2n) is 7.16. The van der Waals surface area contributed by atoms with Gasteiger partial charge >= 0.3 is 11.5 Å². The average Bonchev–Trinajstić information content (AvgIpc) is 2.84. The van der Waals surface area contributed by atoms with Crippen LogP contribution in [0.25, 0.3) is 33.8 Å². The number of benzene rings is 3. The SMILES string of the molecule is COc1ccc(-c2cc(-c3ccc(OC)cc3)c(C)c(-c3ccc(OC)cc3)[o+]2)cc1. The molecule has 0 aliphatic heterocycles. The predicted octanol–water partition coefficient (Wildman–Crippen LogP) is 6.90. The molecule has 31 heavy (non-hydrogen) atoms. The molecule has 4 rings (SSSR count). The number of rotatable bonds is 6. The average molecular weight is 413 g/mol. The first-order chi connectivity index (χ1) is 15.1. The van der Waals surface area contributed by atoms with Crippen LogP contribution in [0.2, 0.25) is 0 Å². The molecule has 4 heteroatoms. The molecule has 0 amide bonds. The molecule has 0 unspecified atom stereocenters. The third-order valence-electron chi connectivity index (χ3n) is 5.36. The predicted molar refractivity (Wildman–Crippen MR) is 124 cm³/mol. The van der Waals surface area contributed by atoms with Crippen LogP contribution in [0.4, 0.5) is 0 Å². The minimum absolute atomic E-state index is 0.782. The summed E-state index contributed by atoms with van der Waals surface area (Å²) in [5.74, 6) is 4.05. The second-order valence-corrected chi connectivity index (χ2v) is 7.16. The lowest BCUT2D eigenvalue weighted by molar-refractivity contribution is 0.414.